The molecule has 0 fully saturated rings. The van der Waals surface area contributed by atoms with Crippen LogP contribution in [0.25, 0.3) is 0 Å². The molecule has 1 aromatic rings. The molecule has 112 valence electrons. The lowest BCUT2D eigenvalue weighted by molar-refractivity contribution is -0.125. The minimum absolute atomic E-state index is 0.123. The minimum Gasteiger partial charge on any atom is -0.491 e. The molecule has 20 heavy (non-hydrogen) atoms. The van der Waals surface area contributed by atoms with Crippen LogP contribution in [0.5, 0.6) is 5.75 Å². The monoisotopic (exact) mass is 277 g/mol. The van der Waals surface area contributed by atoms with Crippen molar-refractivity contribution in [1.82, 2.24) is 5.32 Å². The van der Waals surface area contributed by atoms with Crippen LogP contribution >= 0.6 is 0 Å². The van der Waals surface area contributed by atoms with Crippen molar-refractivity contribution < 1.29 is 9.53 Å². The third kappa shape index (κ3) is 4.26. The maximum atomic E-state index is 11.8. The summed E-state index contributed by atoms with van der Waals surface area (Å²) in [6.45, 7) is 11.4. The van der Waals surface area contributed by atoms with Gasteiger partial charge in [0.15, 0.2) is 0 Å². The van der Waals surface area contributed by atoms with Crippen LogP contribution in [0.1, 0.15) is 43.4 Å². The lowest BCUT2D eigenvalue weighted by Crippen LogP contribution is -2.33. The first-order chi connectivity index (χ1) is 9.51. The Kier molecular flexibility index (Phi) is 6.56. The Bertz CT molecular complexity index is 451. The first-order valence-electron chi connectivity index (χ1n) is 7.48. The molecule has 0 radical (unpaired) electrons. The SMILES string of the molecule is CCC(CC)C(=O)NCCOc1c(C)ccc(C)c1C. The van der Waals surface area contributed by atoms with Gasteiger partial charge in [0.1, 0.15) is 12.4 Å². The third-order valence-electron chi connectivity index (χ3n) is 3.88. The highest BCUT2D eigenvalue weighted by molar-refractivity contribution is 5.78. The average Bonchev–Trinajstić information content (AvgIpc) is 2.43. The van der Waals surface area contributed by atoms with E-state index in [0.29, 0.717) is 13.2 Å². The number of amides is 1. The molecule has 1 rings (SSSR count). The van der Waals surface area contributed by atoms with Gasteiger partial charge in [0.25, 0.3) is 0 Å². The van der Waals surface area contributed by atoms with E-state index in [9.17, 15) is 4.79 Å². The van der Waals surface area contributed by atoms with Crippen molar-refractivity contribution in [3.63, 3.8) is 0 Å². The minimum atomic E-state index is 0.123. The van der Waals surface area contributed by atoms with Crippen LogP contribution in [0, 0.1) is 26.7 Å². The molecule has 1 aromatic carbocycles. The van der Waals surface area contributed by atoms with Gasteiger partial charge in [0, 0.05) is 5.92 Å². The second kappa shape index (κ2) is 7.93. The van der Waals surface area contributed by atoms with Gasteiger partial charge in [-0.2, -0.15) is 0 Å². The highest BCUT2D eigenvalue weighted by atomic mass is 16.5. The Labute approximate surface area is 122 Å². The Morgan fingerprint density at radius 1 is 1.15 bits per heavy atom. The molecular formula is C17H27NO2. The van der Waals surface area contributed by atoms with Gasteiger partial charge in [-0.05, 0) is 50.3 Å². The zero-order valence-corrected chi connectivity index (χ0v) is 13.4. The van der Waals surface area contributed by atoms with Crippen molar-refractivity contribution in [3.05, 3.63) is 28.8 Å². The Morgan fingerprint density at radius 2 is 1.75 bits per heavy atom. The molecule has 0 spiro atoms. The molecule has 0 aromatic heterocycles. The number of ether oxygens (including phenoxy) is 1. The van der Waals surface area contributed by atoms with Gasteiger partial charge in [-0.1, -0.05) is 26.0 Å². The maximum absolute atomic E-state index is 11.8. The number of hydrogen-bond acceptors (Lipinski definition) is 2. The highest BCUT2D eigenvalue weighted by Gasteiger charge is 2.13. The van der Waals surface area contributed by atoms with E-state index in [4.69, 9.17) is 4.74 Å². The smallest absolute Gasteiger partial charge is 0.223 e. The standard InChI is InChI=1S/C17H27NO2/c1-6-15(7-2)17(19)18-10-11-20-16-13(4)9-8-12(3)14(16)5/h8-9,15H,6-7,10-11H2,1-5H3,(H,18,19). The normalized spacial score (nSPS) is 10.7. The zero-order valence-electron chi connectivity index (χ0n) is 13.4. The van der Waals surface area contributed by atoms with E-state index in [2.05, 4.69) is 31.3 Å². The molecule has 3 heteroatoms. The number of nitrogens with one attached hydrogen (secondary N) is 1. The zero-order chi connectivity index (χ0) is 15.1. The summed E-state index contributed by atoms with van der Waals surface area (Å²) in [5.41, 5.74) is 3.54. The molecule has 1 N–H and O–H groups in total. The molecule has 0 bridgehead atoms. The predicted molar refractivity (Wildman–Crippen MR) is 83.2 cm³/mol. The summed E-state index contributed by atoms with van der Waals surface area (Å²) in [7, 11) is 0. The van der Waals surface area contributed by atoms with E-state index in [1.165, 1.54) is 11.1 Å². The Balaban J connectivity index is 2.46. The van der Waals surface area contributed by atoms with E-state index in [-0.39, 0.29) is 11.8 Å². The van der Waals surface area contributed by atoms with Crippen LogP contribution in [0.15, 0.2) is 12.1 Å². The largest absolute Gasteiger partial charge is 0.491 e. The fourth-order valence-electron chi connectivity index (χ4n) is 2.28. The summed E-state index contributed by atoms with van der Waals surface area (Å²) in [5.74, 6) is 1.20. The van der Waals surface area contributed by atoms with Crippen molar-refractivity contribution in [3.8, 4) is 5.75 Å². The number of aryl methyl sites for hydroxylation is 2. The first kappa shape index (κ1) is 16.5. The summed E-state index contributed by atoms with van der Waals surface area (Å²) in [6.07, 6.45) is 1.78. The van der Waals surface area contributed by atoms with Gasteiger partial charge < -0.3 is 10.1 Å². The summed E-state index contributed by atoms with van der Waals surface area (Å²) in [5, 5.41) is 2.94. The summed E-state index contributed by atoms with van der Waals surface area (Å²) in [6, 6.07) is 4.17. The predicted octanol–water partition coefficient (Wildman–Crippen LogP) is 3.54. The molecule has 1 amide bonds. The second-order valence-corrected chi connectivity index (χ2v) is 5.31. The van der Waals surface area contributed by atoms with Gasteiger partial charge in [-0.3, -0.25) is 4.79 Å². The number of hydrogen-bond donors (Lipinski definition) is 1. The van der Waals surface area contributed by atoms with Crippen molar-refractivity contribution in [2.45, 2.75) is 47.5 Å². The maximum Gasteiger partial charge on any atom is 0.223 e. The van der Waals surface area contributed by atoms with Crippen molar-refractivity contribution in [2.75, 3.05) is 13.2 Å². The van der Waals surface area contributed by atoms with Crippen LogP contribution in [0.2, 0.25) is 0 Å². The molecule has 0 aliphatic heterocycles. The number of carbonyl (C=O) groups is 1. The summed E-state index contributed by atoms with van der Waals surface area (Å²) >= 11 is 0. The van der Waals surface area contributed by atoms with E-state index in [1.807, 2.05) is 20.8 Å². The Hall–Kier alpha value is -1.51. The molecule has 0 aliphatic rings. The van der Waals surface area contributed by atoms with Gasteiger partial charge in [-0.25, -0.2) is 0 Å². The Morgan fingerprint density at radius 3 is 2.35 bits per heavy atom. The average molecular weight is 277 g/mol. The van der Waals surface area contributed by atoms with Gasteiger partial charge in [0.2, 0.25) is 5.91 Å². The molecular weight excluding hydrogens is 250 g/mol. The lowest BCUT2D eigenvalue weighted by Gasteiger charge is -2.16. The quantitative estimate of drug-likeness (QED) is 0.774. The van der Waals surface area contributed by atoms with Crippen molar-refractivity contribution in [2.24, 2.45) is 5.92 Å². The first-order valence-corrected chi connectivity index (χ1v) is 7.48. The number of rotatable bonds is 7. The number of carbonyl (C=O) groups excluding carboxylic acids is 1. The van der Waals surface area contributed by atoms with Crippen LogP contribution < -0.4 is 10.1 Å². The fraction of sp³-hybridized carbons (Fsp3) is 0.588. The molecule has 3 nitrogen and oxygen atoms in total. The van der Waals surface area contributed by atoms with Crippen LogP contribution in [-0.2, 0) is 4.79 Å². The molecule has 0 aliphatic carbocycles. The molecule has 0 saturated heterocycles. The van der Waals surface area contributed by atoms with E-state index in [1.54, 1.807) is 0 Å². The van der Waals surface area contributed by atoms with Crippen LogP contribution in [0.4, 0.5) is 0 Å². The molecule has 0 saturated carbocycles. The van der Waals surface area contributed by atoms with E-state index < -0.39 is 0 Å². The lowest BCUT2D eigenvalue weighted by atomic mass is 10.0. The molecule has 0 unspecified atom stereocenters. The summed E-state index contributed by atoms with van der Waals surface area (Å²) in [4.78, 5) is 11.8. The van der Waals surface area contributed by atoms with Crippen molar-refractivity contribution in [1.29, 1.82) is 0 Å². The molecule has 0 atom stereocenters. The van der Waals surface area contributed by atoms with E-state index in [0.717, 1.165) is 24.2 Å². The van der Waals surface area contributed by atoms with Gasteiger partial charge >= 0.3 is 0 Å². The van der Waals surface area contributed by atoms with Gasteiger partial charge in [-0.15, -0.1) is 0 Å². The summed E-state index contributed by atoms with van der Waals surface area (Å²) < 4.78 is 5.83. The molecule has 0 heterocycles. The third-order valence-corrected chi connectivity index (χ3v) is 3.88. The van der Waals surface area contributed by atoms with Gasteiger partial charge in [0.05, 0.1) is 6.54 Å². The topological polar surface area (TPSA) is 38.3 Å². The van der Waals surface area contributed by atoms with Crippen molar-refractivity contribution >= 4 is 5.91 Å². The fourth-order valence-corrected chi connectivity index (χ4v) is 2.28. The second-order valence-electron chi connectivity index (χ2n) is 5.31. The number of benzene rings is 1. The van der Waals surface area contributed by atoms with E-state index >= 15 is 0 Å². The van der Waals surface area contributed by atoms with Crippen LogP contribution in [-0.4, -0.2) is 19.1 Å². The van der Waals surface area contributed by atoms with Crippen LogP contribution in [0.3, 0.4) is 0 Å². The highest BCUT2D eigenvalue weighted by Crippen LogP contribution is 2.25.